The lowest BCUT2D eigenvalue weighted by atomic mass is 10.0. The third kappa shape index (κ3) is 4.72. The Morgan fingerprint density at radius 3 is 2.79 bits per heavy atom. The topological polar surface area (TPSA) is 45.5 Å². The molecule has 0 aliphatic carbocycles. The van der Waals surface area contributed by atoms with E-state index in [4.69, 9.17) is 4.99 Å². The van der Waals surface area contributed by atoms with Crippen LogP contribution in [0.2, 0.25) is 0 Å². The molecule has 6 heteroatoms. The summed E-state index contributed by atoms with van der Waals surface area (Å²) in [6.45, 7) is 5.78. The molecule has 2 heterocycles. The van der Waals surface area contributed by atoms with E-state index in [-0.39, 0.29) is 24.0 Å². The third-order valence-electron chi connectivity index (χ3n) is 4.27. The molecule has 130 valence electrons. The SMILES string of the molecule is CCNC(=NCc1ccccc1)N1CCC(c2cnn(C)c2)C1.I. The fourth-order valence-electron chi connectivity index (χ4n) is 3.05. The van der Waals surface area contributed by atoms with Crippen LogP contribution >= 0.6 is 24.0 Å². The number of hydrogen-bond donors (Lipinski definition) is 1. The summed E-state index contributed by atoms with van der Waals surface area (Å²) in [5.41, 5.74) is 2.57. The van der Waals surface area contributed by atoms with Gasteiger partial charge in [-0.3, -0.25) is 4.68 Å². The van der Waals surface area contributed by atoms with Crippen LogP contribution in [0, 0.1) is 0 Å². The Morgan fingerprint density at radius 2 is 2.12 bits per heavy atom. The van der Waals surface area contributed by atoms with Gasteiger partial charge in [-0.15, -0.1) is 24.0 Å². The number of likely N-dealkylation sites (tertiary alicyclic amines) is 1. The molecule has 3 rings (SSSR count). The van der Waals surface area contributed by atoms with Crippen molar-refractivity contribution in [2.24, 2.45) is 12.0 Å². The molecule has 0 spiro atoms. The van der Waals surface area contributed by atoms with Crippen molar-refractivity contribution in [1.82, 2.24) is 20.0 Å². The predicted octanol–water partition coefficient (Wildman–Crippen LogP) is 2.99. The Morgan fingerprint density at radius 1 is 1.33 bits per heavy atom. The lowest BCUT2D eigenvalue weighted by molar-refractivity contribution is 0.486. The Bertz CT molecular complexity index is 652. The lowest BCUT2D eigenvalue weighted by Gasteiger charge is -2.21. The molecule has 0 amide bonds. The minimum Gasteiger partial charge on any atom is -0.357 e. The zero-order valence-corrected chi connectivity index (χ0v) is 16.7. The number of guanidine groups is 1. The highest BCUT2D eigenvalue weighted by Crippen LogP contribution is 2.26. The molecule has 1 fully saturated rings. The van der Waals surface area contributed by atoms with Gasteiger partial charge in [-0.1, -0.05) is 30.3 Å². The molecule has 5 nitrogen and oxygen atoms in total. The second-order valence-corrected chi connectivity index (χ2v) is 6.03. The summed E-state index contributed by atoms with van der Waals surface area (Å²) in [6.07, 6.45) is 5.27. The zero-order chi connectivity index (χ0) is 16.1. The van der Waals surface area contributed by atoms with Gasteiger partial charge in [0.15, 0.2) is 5.96 Å². The van der Waals surface area contributed by atoms with E-state index in [9.17, 15) is 0 Å². The third-order valence-corrected chi connectivity index (χ3v) is 4.27. The number of rotatable bonds is 4. The van der Waals surface area contributed by atoms with Gasteiger partial charge in [-0.25, -0.2) is 4.99 Å². The van der Waals surface area contributed by atoms with Gasteiger partial charge in [0, 0.05) is 38.8 Å². The van der Waals surface area contributed by atoms with Crippen LogP contribution in [-0.2, 0) is 13.6 Å². The van der Waals surface area contributed by atoms with Crippen molar-refractivity contribution in [2.45, 2.75) is 25.8 Å². The van der Waals surface area contributed by atoms with Gasteiger partial charge in [0.2, 0.25) is 0 Å². The minimum atomic E-state index is 0. The van der Waals surface area contributed by atoms with Crippen LogP contribution in [0.25, 0.3) is 0 Å². The van der Waals surface area contributed by atoms with E-state index in [0.29, 0.717) is 5.92 Å². The van der Waals surface area contributed by atoms with Crippen LogP contribution in [0.5, 0.6) is 0 Å². The summed E-state index contributed by atoms with van der Waals surface area (Å²) in [4.78, 5) is 7.17. The summed E-state index contributed by atoms with van der Waals surface area (Å²) in [6, 6.07) is 10.4. The molecule has 2 aromatic rings. The molecule has 1 aromatic carbocycles. The molecule has 0 radical (unpaired) electrons. The second-order valence-electron chi connectivity index (χ2n) is 6.03. The van der Waals surface area contributed by atoms with E-state index in [0.717, 1.165) is 38.6 Å². The summed E-state index contributed by atoms with van der Waals surface area (Å²) >= 11 is 0. The molecule has 1 aliphatic rings. The smallest absolute Gasteiger partial charge is 0.194 e. The van der Waals surface area contributed by atoms with E-state index in [1.165, 1.54) is 11.1 Å². The average molecular weight is 439 g/mol. The van der Waals surface area contributed by atoms with Gasteiger partial charge in [0.25, 0.3) is 0 Å². The number of nitrogens with one attached hydrogen (secondary N) is 1. The number of hydrogen-bond acceptors (Lipinski definition) is 2. The largest absolute Gasteiger partial charge is 0.357 e. The normalized spacial score (nSPS) is 17.7. The Kier molecular flexibility index (Phi) is 7.08. The molecule has 0 bridgehead atoms. The molecule has 1 unspecified atom stereocenters. The predicted molar refractivity (Wildman–Crippen MR) is 109 cm³/mol. The van der Waals surface area contributed by atoms with Crippen molar-refractivity contribution in [2.75, 3.05) is 19.6 Å². The van der Waals surface area contributed by atoms with E-state index >= 15 is 0 Å². The summed E-state index contributed by atoms with van der Waals surface area (Å²) in [5, 5.41) is 7.72. The molecule has 1 aromatic heterocycles. The van der Waals surface area contributed by atoms with Gasteiger partial charge < -0.3 is 10.2 Å². The lowest BCUT2D eigenvalue weighted by Crippen LogP contribution is -2.40. The number of aryl methyl sites for hydroxylation is 1. The van der Waals surface area contributed by atoms with E-state index in [1.807, 2.05) is 24.0 Å². The highest BCUT2D eigenvalue weighted by molar-refractivity contribution is 14.0. The van der Waals surface area contributed by atoms with Crippen molar-refractivity contribution >= 4 is 29.9 Å². The Balaban J connectivity index is 0.00000208. The number of halogens is 1. The highest BCUT2D eigenvalue weighted by Gasteiger charge is 2.26. The fraction of sp³-hybridized carbons (Fsp3) is 0.444. The van der Waals surface area contributed by atoms with Crippen molar-refractivity contribution in [3.63, 3.8) is 0 Å². The first-order chi connectivity index (χ1) is 11.3. The maximum atomic E-state index is 4.81. The molecule has 1 aliphatic heterocycles. The van der Waals surface area contributed by atoms with Crippen molar-refractivity contribution in [1.29, 1.82) is 0 Å². The maximum absolute atomic E-state index is 4.81. The van der Waals surface area contributed by atoms with E-state index in [2.05, 4.69) is 52.7 Å². The number of aliphatic imine (C=N–C) groups is 1. The number of nitrogens with zero attached hydrogens (tertiary/aromatic N) is 4. The van der Waals surface area contributed by atoms with Gasteiger partial charge >= 0.3 is 0 Å². The molecule has 1 atom stereocenters. The minimum absolute atomic E-state index is 0. The van der Waals surface area contributed by atoms with Gasteiger partial charge in [-0.2, -0.15) is 5.10 Å². The van der Waals surface area contributed by atoms with E-state index in [1.54, 1.807) is 0 Å². The monoisotopic (exact) mass is 439 g/mol. The first-order valence-electron chi connectivity index (χ1n) is 8.32. The molecule has 24 heavy (non-hydrogen) atoms. The summed E-state index contributed by atoms with van der Waals surface area (Å²) < 4.78 is 1.88. The summed E-state index contributed by atoms with van der Waals surface area (Å²) in [5.74, 6) is 1.56. The maximum Gasteiger partial charge on any atom is 0.194 e. The van der Waals surface area contributed by atoms with Gasteiger partial charge in [-0.05, 0) is 24.5 Å². The number of benzene rings is 1. The molecule has 0 saturated carbocycles. The van der Waals surface area contributed by atoms with Crippen LogP contribution in [0.15, 0.2) is 47.7 Å². The second kappa shape index (κ2) is 9.05. The van der Waals surface area contributed by atoms with Crippen molar-refractivity contribution in [3.05, 3.63) is 53.9 Å². The summed E-state index contributed by atoms with van der Waals surface area (Å²) in [7, 11) is 1.97. The Labute approximate surface area is 161 Å². The van der Waals surface area contributed by atoms with Crippen LogP contribution < -0.4 is 5.32 Å². The Hall–Kier alpha value is -1.57. The van der Waals surface area contributed by atoms with Crippen molar-refractivity contribution in [3.8, 4) is 0 Å². The quantitative estimate of drug-likeness (QED) is 0.453. The average Bonchev–Trinajstić information content (AvgIpc) is 3.21. The fourth-order valence-corrected chi connectivity index (χ4v) is 3.05. The van der Waals surface area contributed by atoms with Crippen LogP contribution in [-0.4, -0.2) is 40.3 Å². The molecular formula is C18H26IN5. The van der Waals surface area contributed by atoms with Gasteiger partial charge in [0.05, 0.1) is 12.7 Å². The van der Waals surface area contributed by atoms with Crippen molar-refractivity contribution < 1.29 is 0 Å². The molecule has 1 N–H and O–H groups in total. The highest BCUT2D eigenvalue weighted by atomic mass is 127. The van der Waals surface area contributed by atoms with Crippen LogP contribution in [0.3, 0.4) is 0 Å². The van der Waals surface area contributed by atoms with E-state index < -0.39 is 0 Å². The first-order valence-corrected chi connectivity index (χ1v) is 8.32. The standard InChI is InChI=1S/C18H25N5.HI/c1-3-19-18(20-11-15-7-5-4-6-8-15)23-10-9-16(14-23)17-12-21-22(2)13-17;/h4-8,12-13,16H,3,9-11,14H2,1-2H3,(H,19,20);1H. The molecule has 1 saturated heterocycles. The van der Waals surface area contributed by atoms with Crippen LogP contribution in [0.4, 0.5) is 0 Å². The zero-order valence-electron chi connectivity index (χ0n) is 14.4. The first kappa shape index (κ1) is 18.8. The van der Waals surface area contributed by atoms with Crippen LogP contribution in [0.1, 0.15) is 30.4 Å². The molecular weight excluding hydrogens is 413 g/mol. The number of aromatic nitrogens is 2. The van der Waals surface area contributed by atoms with Gasteiger partial charge in [0.1, 0.15) is 0 Å².